The highest BCUT2D eigenvalue weighted by Gasteiger charge is 2.30. The molecule has 0 saturated heterocycles. The second kappa shape index (κ2) is 31.1. The van der Waals surface area contributed by atoms with Crippen LogP contribution >= 0.6 is 7.82 Å². The molecule has 0 saturated carbocycles. The van der Waals surface area contributed by atoms with Gasteiger partial charge in [0.25, 0.3) is 0 Å². The van der Waals surface area contributed by atoms with Gasteiger partial charge in [-0.2, -0.15) is 0 Å². The lowest BCUT2D eigenvalue weighted by Gasteiger charge is -2.23. The monoisotopic (exact) mass is 1290 g/mol. The van der Waals surface area contributed by atoms with Gasteiger partial charge < -0.3 is 28.4 Å². The molecule has 0 heterocycles. The number of benzene rings is 9. The molecule has 0 unspecified atom stereocenters. The second-order valence-corrected chi connectivity index (χ2v) is 22.7. The van der Waals surface area contributed by atoms with Crippen LogP contribution in [0.1, 0.15) is 33.4 Å². The van der Waals surface area contributed by atoms with Gasteiger partial charge in [0.1, 0.15) is 34.5 Å². The normalized spacial score (nSPS) is 10.9. The lowest BCUT2D eigenvalue weighted by atomic mass is 9.88. The van der Waals surface area contributed by atoms with Crippen LogP contribution in [0.15, 0.2) is 258 Å². The zero-order valence-electron chi connectivity index (χ0n) is 52.1. The number of esters is 6. The highest BCUT2D eigenvalue weighted by atomic mass is 31.2. The SMILES string of the molecule is C=CC(=O)Oc1ccc(-c2ccc(COP(=O)(OCc3ccc(-c4ccc(OC(=O)C=C)cc4)c(-c4ccc(OC(=O)C=C)cc4)c3C)OCc3ccc(-c4ccc(OC(=O)C=C)cc4)c(-c4ccc(OC(=O)C=C)cc4)c3C)c(C)c2-c2ccc(OC(=O)C=C)cc2)cc1. The van der Waals surface area contributed by atoms with Crippen LogP contribution in [0.3, 0.4) is 0 Å². The van der Waals surface area contributed by atoms with Gasteiger partial charge in [0.15, 0.2) is 0 Å². The van der Waals surface area contributed by atoms with E-state index < -0.39 is 43.6 Å². The molecule has 0 aliphatic carbocycles. The van der Waals surface area contributed by atoms with E-state index in [-0.39, 0.29) is 37.1 Å². The molecule has 0 fully saturated rings. The summed E-state index contributed by atoms with van der Waals surface area (Å²) in [6.45, 7) is 25.8. The van der Waals surface area contributed by atoms with Crippen molar-refractivity contribution in [1.29, 1.82) is 0 Å². The molecule has 95 heavy (non-hydrogen) atoms. The Morgan fingerprint density at radius 1 is 0.284 bits per heavy atom. The molecule has 0 radical (unpaired) electrons. The van der Waals surface area contributed by atoms with Crippen LogP contribution in [0.4, 0.5) is 0 Å². The number of hydrogen-bond acceptors (Lipinski definition) is 16. The fourth-order valence-electron chi connectivity index (χ4n) is 10.3. The maximum absolute atomic E-state index is 15.9. The van der Waals surface area contributed by atoms with Gasteiger partial charge in [-0.05, 0) is 194 Å². The molecule has 9 rings (SSSR count). The Morgan fingerprint density at radius 2 is 0.463 bits per heavy atom. The average molecular weight is 1290 g/mol. The smallest absolute Gasteiger partial charge is 0.423 e. The standard InChI is InChI=1S/C78H63O16P/c1-10-70(79)89-61-31-16-52(17-32-61)67-43-28-58(49(7)76(67)55-22-37-64(38-23-55)92-73(82)13-4)46-86-95(85,87-47-59-29-44-68(53-18-33-62(34-19-53)90-71(80)11-2)77(50(59)8)56-24-39-65(40-25-56)93-74(83)14-5)88-48-60-30-45-69(54-20-35-63(36-21-54)91-72(81)12-3)78(51(60)9)57-26-41-66(42-27-57)94-75(84)15-6/h10-45H,1-6,46-48H2,7-9H3. The Hall–Kier alpha value is -11.7. The molecule has 0 spiro atoms. The molecular weight excluding hydrogens is 1220 g/mol. The van der Waals surface area contributed by atoms with E-state index in [2.05, 4.69) is 39.5 Å². The minimum absolute atomic E-state index is 0.286. The van der Waals surface area contributed by atoms with Crippen LogP contribution in [0.25, 0.3) is 66.8 Å². The molecule has 0 aromatic heterocycles. The van der Waals surface area contributed by atoms with E-state index in [4.69, 9.17) is 42.0 Å². The Labute approximate surface area is 549 Å². The van der Waals surface area contributed by atoms with Crippen LogP contribution in [0, 0.1) is 20.8 Å². The molecule has 0 aliphatic rings. The highest BCUT2D eigenvalue weighted by molar-refractivity contribution is 7.48. The molecule has 0 bridgehead atoms. The van der Waals surface area contributed by atoms with Gasteiger partial charge in [-0.3, -0.25) is 13.6 Å². The van der Waals surface area contributed by atoms with Crippen molar-refractivity contribution in [2.75, 3.05) is 0 Å². The molecule has 9 aromatic rings. The first kappa shape index (κ1) is 67.7. The second-order valence-electron chi connectivity index (χ2n) is 21.0. The molecule has 16 nitrogen and oxygen atoms in total. The quantitative estimate of drug-likeness (QED) is 0.0203. The van der Waals surface area contributed by atoms with Gasteiger partial charge in [-0.1, -0.05) is 149 Å². The number of phosphoric acid groups is 1. The molecule has 17 heteroatoms. The van der Waals surface area contributed by atoms with Crippen LogP contribution in [-0.4, -0.2) is 35.8 Å². The summed E-state index contributed by atoms with van der Waals surface area (Å²) in [6.07, 6.45) is 6.41. The van der Waals surface area contributed by atoms with Crippen LogP contribution in [0.5, 0.6) is 34.5 Å². The molecular formula is C78H63O16P. The summed E-state index contributed by atoms with van der Waals surface area (Å²) in [5, 5.41) is 0. The third-order valence-electron chi connectivity index (χ3n) is 15.1. The number of phosphoric ester groups is 1. The van der Waals surface area contributed by atoms with Crippen molar-refractivity contribution in [3.05, 3.63) is 291 Å². The maximum atomic E-state index is 15.9. The summed E-state index contributed by atoms with van der Waals surface area (Å²) in [4.78, 5) is 72.9. The Balaban J connectivity index is 1.13. The topological polar surface area (TPSA) is 203 Å². The zero-order chi connectivity index (χ0) is 67.8. The number of carbonyl (C=O) groups excluding carboxylic acids is 6. The Morgan fingerprint density at radius 3 is 0.642 bits per heavy atom. The average Bonchev–Trinajstić information content (AvgIpc) is 0.807. The van der Waals surface area contributed by atoms with Crippen LogP contribution < -0.4 is 28.4 Å². The van der Waals surface area contributed by atoms with Gasteiger partial charge in [-0.15, -0.1) is 0 Å². The van der Waals surface area contributed by atoms with Crippen molar-refractivity contribution >= 4 is 43.6 Å². The first-order chi connectivity index (χ1) is 45.8. The van der Waals surface area contributed by atoms with Crippen molar-refractivity contribution in [3.63, 3.8) is 0 Å². The van der Waals surface area contributed by atoms with Gasteiger partial charge in [0.2, 0.25) is 0 Å². The lowest BCUT2D eigenvalue weighted by Crippen LogP contribution is -2.06. The van der Waals surface area contributed by atoms with E-state index >= 15 is 4.57 Å². The molecule has 9 aromatic carbocycles. The number of hydrogen-bond donors (Lipinski definition) is 0. The Bertz CT molecular complexity index is 4050. The van der Waals surface area contributed by atoms with E-state index in [1.54, 1.807) is 146 Å². The van der Waals surface area contributed by atoms with Crippen LogP contribution in [-0.2, 0) is 66.7 Å². The van der Waals surface area contributed by atoms with Crippen molar-refractivity contribution < 1.29 is 75.3 Å². The summed E-state index contributed by atoms with van der Waals surface area (Å²) < 4.78 is 67.8. The maximum Gasteiger partial charge on any atom is 0.475 e. The summed E-state index contributed by atoms with van der Waals surface area (Å²) in [5.74, 6) is -1.96. The third-order valence-corrected chi connectivity index (χ3v) is 16.4. The molecule has 0 aliphatic heterocycles. The minimum Gasteiger partial charge on any atom is -0.423 e. The number of carbonyl (C=O) groups is 6. The van der Waals surface area contributed by atoms with Gasteiger partial charge in [-0.25, -0.2) is 33.3 Å². The summed E-state index contributed by atoms with van der Waals surface area (Å²) >= 11 is 0. The van der Waals surface area contributed by atoms with Crippen LogP contribution in [0.2, 0.25) is 0 Å². The summed E-state index contributed by atoms with van der Waals surface area (Å²) in [6, 6.07) is 52.7. The molecule has 0 atom stereocenters. The van der Waals surface area contributed by atoms with Gasteiger partial charge >= 0.3 is 43.6 Å². The minimum atomic E-state index is -4.69. The van der Waals surface area contributed by atoms with E-state index in [1.165, 1.54) is 0 Å². The van der Waals surface area contributed by atoms with E-state index in [0.29, 0.717) is 50.6 Å². The number of rotatable bonds is 27. The first-order valence-electron chi connectivity index (χ1n) is 29.4. The number of ether oxygens (including phenoxy) is 6. The zero-order valence-corrected chi connectivity index (χ0v) is 53.0. The molecule has 0 N–H and O–H groups in total. The molecule has 476 valence electrons. The van der Waals surface area contributed by atoms with Crippen molar-refractivity contribution in [1.82, 2.24) is 0 Å². The highest BCUT2D eigenvalue weighted by Crippen LogP contribution is 2.53. The van der Waals surface area contributed by atoms with Gasteiger partial charge in [0.05, 0.1) is 19.8 Å². The van der Waals surface area contributed by atoms with E-state index in [9.17, 15) is 28.8 Å². The van der Waals surface area contributed by atoms with Gasteiger partial charge in [0, 0.05) is 36.5 Å². The summed E-state index contributed by atoms with van der Waals surface area (Å²) in [7, 11) is -4.69. The van der Waals surface area contributed by atoms with Crippen molar-refractivity contribution in [2.45, 2.75) is 40.6 Å². The van der Waals surface area contributed by atoms with E-state index in [0.717, 1.165) is 103 Å². The van der Waals surface area contributed by atoms with E-state index in [1.807, 2.05) is 57.2 Å². The third kappa shape index (κ3) is 16.9. The summed E-state index contributed by atoms with van der Waals surface area (Å²) in [5.41, 5.74) is 12.9. The Kier molecular flexibility index (Phi) is 22.2. The lowest BCUT2D eigenvalue weighted by molar-refractivity contribution is -0.129. The predicted octanol–water partition coefficient (Wildman–Crippen LogP) is 17.2. The van der Waals surface area contributed by atoms with Crippen molar-refractivity contribution in [3.8, 4) is 101 Å². The first-order valence-corrected chi connectivity index (χ1v) is 30.9. The fraction of sp³-hybridized carbons (Fsp3) is 0.0769. The largest absolute Gasteiger partial charge is 0.475 e. The van der Waals surface area contributed by atoms with Crippen molar-refractivity contribution in [2.24, 2.45) is 0 Å². The fourth-order valence-corrected chi connectivity index (χ4v) is 11.4. The predicted molar refractivity (Wildman–Crippen MR) is 363 cm³/mol. The molecule has 0 amide bonds.